The molecule has 4 nitrogen and oxygen atoms in total. The summed E-state index contributed by atoms with van der Waals surface area (Å²) in [6.07, 6.45) is 14.5. The van der Waals surface area contributed by atoms with Crippen LogP contribution in [-0.2, 0) is 9.84 Å². The van der Waals surface area contributed by atoms with Crippen molar-refractivity contribution >= 4 is 110 Å². The van der Waals surface area contributed by atoms with E-state index in [1.165, 1.54) is 94.8 Å². The molecule has 11 aromatic rings. The van der Waals surface area contributed by atoms with Crippen molar-refractivity contribution in [3.63, 3.8) is 0 Å². The zero-order valence-corrected chi connectivity index (χ0v) is 67.2. The number of aryl methyl sites for hydroxylation is 11. The van der Waals surface area contributed by atoms with Crippen LogP contribution in [0.1, 0.15) is 218 Å². The predicted octanol–water partition coefficient (Wildman–Crippen LogP) is 38.3. The molecule has 0 amide bonds. The van der Waals surface area contributed by atoms with Gasteiger partial charge in [0.05, 0.1) is 9.79 Å². The SMILES string of the molecule is C.C.C.C.C.C.C.C.C.C.C.C.C.C.C.C.C.C.C.CSc1cc(C)c(C)cc1C.CSc1ccc(C(=O)c2ccc(C)cc2)cc1.CSc1ccc(C)cc1C.CSc1ccc(C)cc1Sc1ccc(C)cc1.CSc1ccc(Oc2ccc(C)cc2)cc1.CSc1ccc(S(=O)(=O)c2ccc(C)cc2)cc1.CSc1cccc(C)c1. The van der Waals surface area contributed by atoms with Crippen LogP contribution in [0.2, 0.25) is 0 Å². The molecule has 0 radical (unpaired) electrons. The molecule has 0 bridgehead atoms. The third-order valence-electron chi connectivity index (χ3n) is 15.0. The summed E-state index contributed by atoms with van der Waals surface area (Å²) in [6.45, 7) is 23.1. The van der Waals surface area contributed by atoms with E-state index in [2.05, 4.69) is 203 Å². The van der Waals surface area contributed by atoms with Crippen LogP contribution in [0.5, 0.6) is 11.5 Å². The number of hydrogen-bond donors (Lipinski definition) is 0. The lowest BCUT2D eigenvalue weighted by molar-refractivity contribution is 0.103. The zero-order valence-electron chi connectivity index (χ0n) is 59.9. The van der Waals surface area contributed by atoms with E-state index < -0.39 is 9.84 Å². The number of carbonyl (C=O) groups excluding carboxylic acids is 1. The van der Waals surface area contributed by atoms with Gasteiger partial charge in [-0.15, -0.1) is 82.3 Å². The van der Waals surface area contributed by atoms with Crippen molar-refractivity contribution in [3.05, 3.63) is 315 Å². The molecule has 0 atom stereocenters. The summed E-state index contributed by atoms with van der Waals surface area (Å²) in [5.74, 6) is 1.84. The molecule has 0 unspecified atom stereocenters. The van der Waals surface area contributed by atoms with Gasteiger partial charge in [0.1, 0.15) is 11.5 Å². The third kappa shape index (κ3) is 51.1. The quantitative estimate of drug-likeness (QED) is 0.0726. The maximum absolute atomic E-state index is 12.3. The number of carbonyl (C=O) groups is 1. The Hall–Kier alpha value is -6.36. The number of hydrogen-bond acceptors (Lipinski definition) is 12. The van der Waals surface area contributed by atoms with Gasteiger partial charge in [-0.1, -0.05) is 283 Å². The number of ketones is 1. The lowest BCUT2D eigenvalue weighted by atomic mass is 10.0. The van der Waals surface area contributed by atoms with E-state index in [0.29, 0.717) is 9.79 Å². The van der Waals surface area contributed by atoms with Crippen LogP contribution < -0.4 is 4.74 Å². The van der Waals surface area contributed by atoms with Gasteiger partial charge in [-0.2, -0.15) is 0 Å². The lowest BCUT2D eigenvalue weighted by Crippen LogP contribution is -2.01. The van der Waals surface area contributed by atoms with Gasteiger partial charge < -0.3 is 4.74 Å². The summed E-state index contributed by atoms with van der Waals surface area (Å²) in [5, 5.41) is 0. The molecule has 117 heavy (non-hydrogen) atoms. The molecular weight excluding hydrogens is 1600 g/mol. The van der Waals surface area contributed by atoms with Gasteiger partial charge in [0.15, 0.2) is 5.78 Å². The number of rotatable bonds is 15. The minimum atomic E-state index is -3.39. The smallest absolute Gasteiger partial charge is 0.206 e. The molecule has 0 saturated carbocycles. The molecule has 0 N–H and O–H groups in total. The number of ether oxygens (including phenoxy) is 1. The van der Waals surface area contributed by atoms with Crippen LogP contribution in [0.3, 0.4) is 0 Å². The molecule has 0 spiro atoms. The van der Waals surface area contributed by atoms with Crippen molar-refractivity contribution in [2.75, 3.05) is 43.8 Å². The van der Waals surface area contributed by atoms with Gasteiger partial charge >= 0.3 is 0 Å². The Bertz CT molecular complexity index is 4310. The standard InChI is InChI=1S/C15H14OS.C15H16S2.C14H14O2S2.C14H14OS.C10H14S.C9H12S.C8H10S.19CH4/c1-11-3-5-12(6-4-11)15(16)13-7-9-14(17-2)10-8-13;1-11-4-7-13(8-5-11)17-15-10-12(2)6-9-14(15)16-3;1-11-3-7-13(8-4-11)18(15,16)14-9-5-12(17-2)6-10-14;1-11-3-5-12(6-4-11)15-13-7-9-14(16-2)10-8-13;1-7-5-9(3)10(11-4)6-8(7)2;1-7-4-5-9(10-3)8(2)6-7;1-7-4-3-5-8(6-7)9-2;;;;;;;;;;;;;;;;;;;/h3-10H,1-2H3;4-10H,1-3H3;3-10H,1-2H3;3-10H,1-2H3;5-6H,1-4H3;4-6H,1-3H3;3-6H,1-2H3;19*1H4. The zero-order chi connectivity index (χ0) is 71.7. The first-order chi connectivity index (χ1) is 46.9. The van der Waals surface area contributed by atoms with Crippen LogP contribution in [0.25, 0.3) is 0 Å². The fraction of sp³-hybridized carbons (Fsp3) is 0.356. The summed E-state index contributed by atoms with van der Waals surface area (Å²) in [4.78, 5) is 24.4. The maximum Gasteiger partial charge on any atom is 0.206 e. The Labute approximate surface area is 762 Å². The first-order valence-corrected chi connectivity index (χ1v) is 42.6. The molecule has 0 aromatic heterocycles. The number of sulfone groups is 1. The van der Waals surface area contributed by atoms with Crippen molar-refractivity contribution in [2.24, 2.45) is 0 Å². The molecule has 0 aliphatic rings. The second-order valence-corrected chi connectivity index (χ2v) is 32.1. The molecule has 0 aliphatic carbocycles. The van der Waals surface area contributed by atoms with E-state index >= 15 is 0 Å². The Morgan fingerprint density at radius 3 is 0.906 bits per heavy atom. The molecule has 0 fully saturated rings. The minimum absolute atomic E-state index is 0. The second kappa shape index (κ2) is 77.0. The average molecular weight is 1770 g/mol. The molecule has 13 heteroatoms. The van der Waals surface area contributed by atoms with Crippen molar-refractivity contribution in [2.45, 2.75) is 271 Å². The van der Waals surface area contributed by atoms with Crippen LogP contribution in [0.4, 0.5) is 0 Å². The minimum Gasteiger partial charge on any atom is -0.457 e. The van der Waals surface area contributed by atoms with Gasteiger partial charge in [-0.3, -0.25) is 4.79 Å². The second-order valence-electron chi connectivity index (χ2n) is 23.0. The molecule has 11 aromatic carbocycles. The van der Waals surface area contributed by atoms with Gasteiger partial charge in [-0.05, 0) is 293 Å². The Balaban J connectivity index is -0.0000000785. The van der Waals surface area contributed by atoms with Crippen LogP contribution >= 0.6 is 94.1 Å². The average Bonchev–Trinajstić information content (AvgIpc) is 0.804. The van der Waals surface area contributed by atoms with E-state index in [0.717, 1.165) is 33.1 Å². The van der Waals surface area contributed by atoms with Crippen molar-refractivity contribution in [1.82, 2.24) is 0 Å². The predicted molar refractivity (Wildman–Crippen MR) is 566 cm³/mol. The monoisotopic (exact) mass is 1770 g/mol. The Kier molecular flexibility index (Phi) is 95.7. The summed E-state index contributed by atoms with van der Waals surface area (Å²) in [6, 6.07) is 80.3. The van der Waals surface area contributed by atoms with E-state index in [1.54, 1.807) is 94.8 Å². The lowest BCUT2D eigenvalue weighted by Gasteiger charge is -2.08. The molecule has 0 aliphatic heterocycles. The highest BCUT2D eigenvalue weighted by atomic mass is 32.2. The van der Waals surface area contributed by atoms with E-state index in [1.807, 2.05) is 159 Å². The van der Waals surface area contributed by atoms with Gasteiger partial charge in [-0.25, -0.2) is 8.42 Å². The summed E-state index contributed by atoms with van der Waals surface area (Å²) in [5.41, 5.74) is 15.8. The van der Waals surface area contributed by atoms with E-state index in [9.17, 15) is 13.2 Å². The first-order valence-electron chi connectivity index (χ1n) is 31.8. The third-order valence-corrected chi connectivity index (χ3v) is 23.5. The largest absolute Gasteiger partial charge is 0.457 e. The van der Waals surface area contributed by atoms with Gasteiger partial charge in [0.2, 0.25) is 9.84 Å². The van der Waals surface area contributed by atoms with Crippen molar-refractivity contribution < 1.29 is 17.9 Å². The number of thioether (sulfide) groups is 7. The molecule has 11 rings (SSSR count). The highest BCUT2D eigenvalue weighted by Gasteiger charge is 2.17. The first kappa shape index (κ1) is 145. The van der Waals surface area contributed by atoms with Crippen molar-refractivity contribution in [1.29, 1.82) is 0 Å². The normalized spacial score (nSPS) is 8.70. The van der Waals surface area contributed by atoms with Crippen LogP contribution in [0.15, 0.2) is 297 Å². The van der Waals surface area contributed by atoms with Crippen LogP contribution in [0, 0.1) is 76.2 Å². The molecule has 0 heterocycles. The Morgan fingerprint density at radius 1 is 0.239 bits per heavy atom. The Morgan fingerprint density at radius 2 is 0.530 bits per heavy atom. The summed E-state index contributed by atoms with van der Waals surface area (Å²) in [7, 11) is -3.39. The topological polar surface area (TPSA) is 60.4 Å². The van der Waals surface area contributed by atoms with Crippen LogP contribution in [-0.4, -0.2) is 58.0 Å². The van der Waals surface area contributed by atoms with Crippen molar-refractivity contribution in [3.8, 4) is 11.5 Å². The van der Waals surface area contributed by atoms with E-state index in [-0.39, 0.29) is 147 Å². The molecular formula is C104H170O4S9. The highest BCUT2D eigenvalue weighted by molar-refractivity contribution is 8.02. The van der Waals surface area contributed by atoms with Gasteiger partial charge in [0.25, 0.3) is 0 Å². The summed E-state index contributed by atoms with van der Waals surface area (Å²) >= 11 is 14.0. The molecule has 664 valence electrons. The van der Waals surface area contributed by atoms with Gasteiger partial charge in [0, 0.05) is 55.2 Å². The fourth-order valence-corrected chi connectivity index (χ4v) is 15.2. The van der Waals surface area contributed by atoms with E-state index in [4.69, 9.17) is 4.74 Å². The number of benzene rings is 11. The highest BCUT2D eigenvalue weighted by Crippen LogP contribution is 2.36. The molecule has 0 saturated heterocycles. The fourth-order valence-electron chi connectivity index (χ4n) is 9.13. The maximum atomic E-state index is 12.3. The summed E-state index contributed by atoms with van der Waals surface area (Å²) < 4.78 is 30.4.